The molecule has 3 N–H and O–H groups in total. The highest BCUT2D eigenvalue weighted by molar-refractivity contribution is 7.80. The summed E-state index contributed by atoms with van der Waals surface area (Å²) in [5, 5.41) is 9.49. The van der Waals surface area contributed by atoms with Gasteiger partial charge in [0.05, 0.1) is 0 Å². The van der Waals surface area contributed by atoms with E-state index in [4.69, 9.17) is 12.2 Å². The van der Waals surface area contributed by atoms with Crippen molar-refractivity contribution in [1.29, 1.82) is 0 Å². The number of hydrogen-bond acceptors (Lipinski definition) is 2. The first-order valence-electron chi connectivity index (χ1n) is 6.10. The van der Waals surface area contributed by atoms with E-state index < -0.39 is 0 Å². The van der Waals surface area contributed by atoms with Gasteiger partial charge in [-0.1, -0.05) is 13.0 Å². The molecule has 1 aromatic carbocycles. The summed E-state index contributed by atoms with van der Waals surface area (Å²) < 4.78 is 0. The number of amides is 1. The quantitative estimate of drug-likeness (QED) is 0.717. The Morgan fingerprint density at radius 2 is 1.89 bits per heavy atom. The van der Waals surface area contributed by atoms with Crippen molar-refractivity contribution in [3.05, 3.63) is 24.3 Å². The average Bonchev–Trinajstić information content (AvgIpc) is 2.29. The number of carbonyl (C=O) groups excluding carboxylic acids is 1. The molecule has 98 valence electrons. The van der Waals surface area contributed by atoms with Gasteiger partial charge in [-0.2, -0.15) is 0 Å². The molecule has 0 radical (unpaired) electrons. The number of carbonyl (C=O) groups is 1. The summed E-state index contributed by atoms with van der Waals surface area (Å²) in [5.41, 5.74) is 1.63. The van der Waals surface area contributed by atoms with E-state index in [-0.39, 0.29) is 5.91 Å². The fourth-order valence-electron chi connectivity index (χ4n) is 1.46. The van der Waals surface area contributed by atoms with Crippen LogP contribution in [0.25, 0.3) is 0 Å². The molecule has 0 fully saturated rings. The smallest absolute Gasteiger partial charge is 0.224 e. The fraction of sp³-hybridized carbons (Fsp3) is 0.385. The topological polar surface area (TPSA) is 53.2 Å². The van der Waals surface area contributed by atoms with Crippen molar-refractivity contribution in [2.75, 3.05) is 17.2 Å². The van der Waals surface area contributed by atoms with Crippen LogP contribution in [0.5, 0.6) is 0 Å². The van der Waals surface area contributed by atoms with Gasteiger partial charge in [-0.3, -0.25) is 4.79 Å². The number of benzene rings is 1. The number of thiocarbonyl (C=S) groups is 1. The van der Waals surface area contributed by atoms with Gasteiger partial charge in [0.25, 0.3) is 0 Å². The van der Waals surface area contributed by atoms with E-state index in [1.54, 1.807) is 0 Å². The van der Waals surface area contributed by atoms with Crippen molar-refractivity contribution >= 4 is 34.6 Å². The van der Waals surface area contributed by atoms with Gasteiger partial charge in [-0.25, -0.2) is 0 Å². The van der Waals surface area contributed by atoms with Gasteiger partial charge >= 0.3 is 0 Å². The van der Waals surface area contributed by atoms with Crippen molar-refractivity contribution < 1.29 is 4.79 Å². The lowest BCUT2D eigenvalue weighted by Gasteiger charge is -2.10. The first-order valence-corrected chi connectivity index (χ1v) is 6.51. The molecule has 0 saturated heterocycles. The van der Waals surface area contributed by atoms with Crippen LogP contribution in [0.4, 0.5) is 11.4 Å². The number of anilines is 2. The van der Waals surface area contributed by atoms with Gasteiger partial charge < -0.3 is 16.0 Å². The molecule has 1 aromatic rings. The lowest BCUT2D eigenvalue weighted by atomic mass is 10.2. The second-order valence-corrected chi connectivity index (χ2v) is 4.27. The van der Waals surface area contributed by atoms with E-state index in [0.717, 1.165) is 24.3 Å². The standard InChI is InChI=1S/C13H19N3OS/c1-3-6-12(17)15-10-7-5-8-11(9-10)16-13(18)14-4-2/h5,7-9H,3-4,6H2,1-2H3,(H,15,17)(H2,14,16,18). The molecule has 4 nitrogen and oxygen atoms in total. The van der Waals surface area contributed by atoms with E-state index >= 15 is 0 Å². The molecular formula is C13H19N3OS. The Labute approximate surface area is 113 Å². The molecule has 5 heteroatoms. The van der Waals surface area contributed by atoms with E-state index in [9.17, 15) is 4.79 Å². The molecule has 0 saturated carbocycles. The Balaban J connectivity index is 2.61. The second kappa shape index (κ2) is 7.66. The van der Waals surface area contributed by atoms with E-state index in [1.165, 1.54) is 0 Å². The molecule has 0 aliphatic carbocycles. The van der Waals surface area contributed by atoms with Crippen LogP contribution in [0, 0.1) is 0 Å². The summed E-state index contributed by atoms with van der Waals surface area (Å²) in [6, 6.07) is 7.49. The SMILES string of the molecule is CCCC(=O)Nc1cccc(NC(=S)NCC)c1. The predicted octanol–water partition coefficient (Wildman–Crippen LogP) is 2.73. The lowest BCUT2D eigenvalue weighted by Crippen LogP contribution is -2.27. The summed E-state index contributed by atoms with van der Waals surface area (Å²) in [6.45, 7) is 4.74. The molecule has 0 aliphatic heterocycles. The molecule has 0 bridgehead atoms. The van der Waals surface area contributed by atoms with Crippen LogP contribution in [0.3, 0.4) is 0 Å². The molecule has 0 atom stereocenters. The van der Waals surface area contributed by atoms with Crippen molar-refractivity contribution in [3.63, 3.8) is 0 Å². The highest BCUT2D eigenvalue weighted by atomic mass is 32.1. The van der Waals surface area contributed by atoms with Crippen molar-refractivity contribution in [2.24, 2.45) is 0 Å². The predicted molar refractivity (Wildman–Crippen MR) is 79.9 cm³/mol. The van der Waals surface area contributed by atoms with Crippen LogP contribution in [0.2, 0.25) is 0 Å². The van der Waals surface area contributed by atoms with Gasteiger partial charge in [0.2, 0.25) is 5.91 Å². The summed E-state index contributed by atoms with van der Waals surface area (Å²) in [7, 11) is 0. The zero-order valence-electron chi connectivity index (χ0n) is 10.7. The third-order valence-electron chi connectivity index (χ3n) is 2.22. The van der Waals surface area contributed by atoms with Crippen molar-refractivity contribution in [1.82, 2.24) is 5.32 Å². The normalized spacial score (nSPS) is 9.67. The van der Waals surface area contributed by atoms with Crippen LogP contribution in [-0.2, 0) is 4.79 Å². The molecule has 0 aliphatic rings. The van der Waals surface area contributed by atoms with Gasteiger partial charge in [0.15, 0.2) is 5.11 Å². The molecule has 0 spiro atoms. The Kier molecular flexibility index (Phi) is 6.14. The minimum atomic E-state index is 0.0314. The summed E-state index contributed by atoms with van der Waals surface area (Å²) in [5.74, 6) is 0.0314. The number of rotatable bonds is 5. The minimum absolute atomic E-state index is 0.0314. The largest absolute Gasteiger partial charge is 0.363 e. The van der Waals surface area contributed by atoms with Crippen LogP contribution in [0.15, 0.2) is 24.3 Å². The minimum Gasteiger partial charge on any atom is -0.363 e. The molecule has 18 heavy (non-hydrogen) atoms. The third-order valence-corrected chi connectivity index (χ3v) is 2.46. The Morgan fingerprint density at radius 1 is 1.22 bits per heavy atom. The highest BCUT2D eigenvalue weighted by Gasteiger charge is 2.02. The van der Waals surface area contributed by atoms with Crippen molar-refractivity contribution in [2.45, 2.75) is 26.7 Å². The molecule has 0 heterocycles. The highest BCUT2D eigenvalue weighted by Crippen LogP contribution is 2.15. The molecule has 1 amide bonds. The Morgan fingerprint density at radius 3 is 2.50 bits per heavy atom. The van der Waals surface area contributed by atoms with E-state index in [1.807, 2.05) is 38.1 Å². The summed E-state index contributed by atoms with van der Waals surface area (Å²) in [4.78, 5) is 11.5. The van der Waals surface area contributed by atoms with E-state index in [2.05, 4.69) is 16.0 Å². The monoisotopic (exact) mass is 265 g/mol. The molecule has 0 unspecified atom stereocenters. The third kappa shape index (κ3) is 5.14. The molecule has 1 rings (SSSR count). The molecular weight excluding hydrogens is 246 g/mol. The van der Waals surface area contributed by atoms with Crippen LogP contribution >= 0.6 is 12.2 Å². The second-order valence-electron chi connectivity index (χ2n) is 3.86. The maximum Gasteiger partial charge on any atom is 0.224 e. The molecule has 0 aromatic heterocycles. The van der Waals surface area contributed by atoms with Crippen LogP contribution in [-0.4, -0.2) is 17.6 Å². The maximum atomic E-state index is 11.5. The first kappa shape index (κ1) is 14.4. The van der Waals surface area contributed by atoms with Gasteiger partial charge in [-0.05, 0) is 43.8 Å². The Bertz CT molecular complexity index is 385. The van der Waals surface area contributed by atoms with Gasteiger partial charge in [0.1, 0.15) is 0 Å². The maximum absolute atomic E-state index is 11.5. The van der Waals surface area contributed by atoms with Gasteiger partial charge in [-0.15, -0.1) is 0 Å². The van der Waals surface area contributed by atoms with E-state index in [0.29, 0.717) is 11.5 Å². The summed E-state index contributed by atoms with van der Waals surface area (Å²) in [6.07, 6.45) is 1.38. The average molecular weight is 265 g/mol. The zero-order valence-corrected chi connectivity index (χ0v) is 11.6. The lowest BCUT2D eigenvalue weighted by molar-refractivity contribution is -0.116. The van der Waals surface area contributed by atoms with Gasteiger partial charge in [0, 0.05) is 24.3 Å². The fourth-order valence-corrected chi connectivity index (χ4v) is 1.72. The van der Waals surface area contributed by atoms with Crippen LogP contribution < -0.4 is 16.0 Å². The Hall–Kier alpha value is -1.62. The van der Waals surface area contributed by atoms with Crippen LogP contribution in [0.1, 0.15) is 26.7 Å². The summed E-state index contributed by atoms with van der Waals surface area (Å²) >= 11 is 5.10. The number of nitrogens with one attached hydrogen (secondary N) is 3. The first-order chi connectivity index (χ1) is 8.65. The number of hydrogen-bond donors (Lipinski definition) is 3. The van der Waals surface area contributed by atoms with Crippen molar-refractivity contribution in [3.8, 4) is 0 Å². The zero-order chi connectivity index (χ0) is 13.4.